The second kappa shape index (κ2) is 8.12. The second-order valence-electron chi connectivity index (χ2n) is 5.67. The van der Waals surface area contributed by atoms with Gasteiger partial charge in [-0.25, -0.2) is 4.79 Å². The van der Waals surface area contributed by atoms with Gasteiger partial charge in [0.25, 0.3) is 0 Å². The molecule has 0 heterocycles. The summed E-state index contributed by atoms with van der Waals surface area (Å²) in [6, 6.07) is 20.4. The lowest BCUT2D eigenvalue weighted by Crippen LogP contribution is -2.04. The highest BCUT2D eigenvalue weighted by atomic mass is 16.5. The molecule has 0 aliphatic carbocycles. The van der Waals surface area contributed by atoms with Crippen molar-refractivity contribution in [1.82, 2.24) is 0 Å². The van der Waals surface area contributed by atoms with Crippen LogP contribution in [0.1, 0.15) is 27.6 Å². The molecule has 0 saturated heterocycles. The fourth-order valence-corrected chi connectivity index (χ4v) is 2.66. The lowest BCUT2D eigenvalue weighted by molar-refractivity contribution is 0.0526. The molecule has 0 aromatic heterocycles. The fraction of sp³-hybridized carbons (Fsp3) is 0.0909. The highest BCUT2D eigenvalue weighted by Crippen LogP contribution is 2.19. The summed E-state index contributed by atoms with van der Waals surface area (Å²) >= 11 is 0. The first-order valence-electron chi connectivity index (χ1n) is 8.41. The van der Waals surface area contributed by atoms with E-state index in [4.69, 9.17) is 4.74 Å². The third kappa shape index (κ3) is 3.98. The number of fused-ring (bicyclic) bond motifs is 1. The van der Waals surface area contributed by atoms with Crippen molar-refractivity contribution in [3.8, 4) is 0 Å². The zero-order valence-electron chi connectivity index (χ0n) is 14.4. The molecule has 0 spiro atoms. The minimum atomic E-state index is -0.347. The predicted molar refractivity (Wildman–Crippen MR) is 103 cm³/mol. The van der Waals surface area contributed by atoms with Crippen LogP contribution < -0.4 is 5.32 Å². The maximum absolute atomic E-state index is 12.5. The smallest absolute Gasteiger partial charge is 0.338 e. The quantitative estimate of drug-likeness (QED) is 0.395. The van der Waals surface area contributed by atoms with Crippen LogP contribution in [0.4, 0.5) is 5.69 Å². The van der Waals surface area contributed by atoms with Gasteiger partial charge in [0.05, 0.1) is 12.2 Å². The van der Waals surface area contributed by atoms with Crippen molar-refractivity contribution in [1.29, 1.82) is 0 Å². The number of allylic oxidation sites excluding steroid dienone is 1. The van der Waals surface area contributed by atoms with E-state index in [0.717, 1.165) is 16.5 Å². The topological polar surface area (TPSA) is 55.4 Å². The molecule has 26 heavy (non-hydrogen) atoms. The van der Waals surface area contributed by atoms with Crippen LogP contribution in [0.2, 0.25) is 0 Å². The lowest BCUT2D eigenvalue weighted by atomic mass is 10.0. The van der Waals surface area contributed by atoms with E-state index < -0.39 is 0 Å². The van der Waals surface area contributed by atoms with Crippen LogP contribution >= 0.6 is 0 Å². The molecule has 0 fully saturated rings. The number of esters is 1. The summed E-state index contributed by atoms with van der Waals surface area (Å²) in [6.45, 7) is 2.11. The number of ketones is 1. The van der Waals surface area contributed by atoms with Gasteiger partial charge in [-0.05, 0) is 42.0 Å². The highest BCUT2D eigenvalue weighted by molar-refractivity contribution is 6.13. The summed E-state index contributed by atoms with van der Waals surface area (Å²) in [6.07, 6.45) is 3.10. The molecule has 0 saturated carbocycles. The molecule has 4 nitrogen and oxygen atoms in total. The first kappa shape index (κ1) is 17.4. The summed E-state index contributed by atoms with van der Waals surface area (Å²) in [5, 5.41) is 5.01. The summed E-state index contributed by atoms with van der Waals surface area (Å²) in [7, 11) is 0. The van der Waals surface area contributed by atoms with Crippen molar-refractivity contribution in [2.24, 2.45) is 0 Å². The van der Waals surface area contributed by atoms with Gasteiger partial charge >= 0.3 is 5.97 Å². The molecule has 0 unspecified atom stereocenters. The Labute approximate surface area is 152 Å². The van der Waals surface area contributed by atoms with E-state index in [0.29, 0.717) is 17.7 Å². The minimum absolute atomic E-state index is 0.0718. The van der Waals surface area contributed by atoms with Gasteiger partial charge in [0, 0.05) is 23.5 Å². The molecule has 0 aliphatic rings. The predicted octanol–water partition coefficient (Wildman–Crippen LogP) is 4.83. The molecule has 1 N–H and O–H groups in total. The molecule has 3 aromatic carbocycles. The number of benzene rings is 3. The van der Waals surface area contributed by atoms with Gasteiger partial charge in [-0.1, -0.05) is 42.5 Å². The van der Waals surface area contributed by atoms with Crippen molar-refractivity contribution < 1.29 is 14.3 Å². The van der Waals surface area contributed by atoms with Crippen molar-refractivity contribution in [2.75, 3.05) is 11.9 Å². The zero-order valence-corrected chi connectivity index (χ0v) is 14.4. The van der Waals surface area contributed by atoms with Gasteiger partial charge in [-0.3, -0.25) is 4.79 Å². The van der Waals surface area contributed by atoms with Gasteiger partial charge in [0.1, 0.15) is 0 Å². The van der Waals surface area contributed by atoms with Crippen LogP contribution in [0.25, 0.3) is 10.8 Å². The Balaban J connectivity index is 1.68. The number of hydrogen-bond donors (Lipinski definition) is 1. The third-order valence-electron chi connectivity index (χ3n) is 3.94. The van der Waals surface area contributed by atoms with E-state index in [1.165, 1.54) is 6.08 Å². The Kier molecular flexibility index (Phi) is 5.44. The molecular weight excluding hydrogens is 326 g/mol. The van der Waals surface area contributed by atoms with Crippen molar-refractivity contribution in [3.05, 3.63) is 90.1 Å². The SMILES string of the molecule is CCOC(=O)c1ccc(N/C=C/C(=O)c2cccc3ccccc23)cc1. The molecule has 0 bridgehead atoms. The molecule has 0 atom stereocenters. The summed E-state index contributed by atoms with van der Waals surface area (Å²) in [4.78, 5) is 24.1. The third-order valence-corrected chi connectivity index (χ3v) is 3.94. The van der Waals surface area contributed by atoms with E-state index in [2.05, 4.69) is 5.32 Å². The Hall–Kier alpha value is -3.40. The number of nitrogens with one attached hydrogen (secondary N) is 1. The largest absolute Gasteiger partial charge is 0.462 e. The van der Waals surface area contributed by atoms with Crippen molar-refractivity contribution >= 4 is 28.2 Å². The molecule has 130 valence electrons. The average molecular weight is 345 g/mol. The number of carbonyl (C=O) groups excluding carboxylic acids is 2. The minimum Gasteiger partial charge on any atom is -0.462 e. The molecule has 0 radical (unpaired) electrons. The van der Waals surface area contributed by atoms with Crippen molar-refractivity contribution in [3.63, 3.8) is 0 Å². The Morgan fingerprint density at radius 3 is 2.46 bits per heavy atom. The van der Waals surface area contributed by atoms with E-state index in [9.17, 15) is 9.59 Å². The number of ether oxygens (including phenoxy) is 1. The summed E-state index contributed by atoms with van der Waals surface area (Å²) < 4.78 is 4.95. The normalized spacial score (nSPS) is 10.8. The number of rotatable bonds is 6. The van der Waals surface area contributed by atoms with E-state index in [1.807, 2.05) is 42.5 Å². The first-order chi connectivity index (χ1) is 12.7. The number of hydrogen-bond acceptors (Lipinski definition) is 4. The second-order valence-corrected chi connectivity index (χ2v) is 5.67. The lowest BCUT2D eigenvalue weighted by Gasteiger charge is -2.05. The van der Waals surface area contributed by atoms with Crippen LogP contribution in [0, 0.1) is 0 Å². The van der Waals surface area contributed by atoms with Crippen molar-refractivity contribution in [2.45, 2.75) is 6.92 Å². The maximum atomic E-state index is 12.5. The van der Waals surface area contributed by atoms with E-state index >= 15 is 0 Å². The van der Waals surface area contributed by atoms with Crippen LogP contribution in [0.5, 0.6) is 0 Å². The Bertz CT molecular complexity index is 953. The number of anilines is 1. The highest BCUT2D eigenvalue weighted by Gasteiger charge is 2.07. The first-order valence-corrected chi connectivity index (χ1v) is 8.41. The maximum Gasteiger partial charge on any atom is 0.338 e. The standard InChI is InChI=1S/C22H19NO3/c1-2-26-22(25)17-10-12-18(13-11-17)23-15-14-21(24)20-9-5-7-16-6-3-4-8-19(16)20/h3-15,23H,2H2,1H3/b15-14+. The zero-order chi connectivity index (χ0) is 18.4. The fourth-order valence-electron chi connectivity index (χ4n) is 2.66. The number of carbonyl (C=O) groups is 2. The van der Waals surface area contributed by atoms with E-state index in [1.54, 1.807) is 37.4 Å². The molecule has 4 heteroatoms. The van der Waals surface area contributed by atoms with Crippen LogP contribution in [-0.4, -0.2) is 18.4 Å². The molecule has 0 aliphatic heterocycles. The summed E-state index contributed by atoms with van der Waals surface area (Å²) in [5.41, 5.74) is 1.94. The Morgan fingerprint density at radius 1 is 0.962 bits per heavy atom. The Morgan fingerprint density at radius 2 is 1.69 bits per heavy atom. The van der Waals surface area contributed by atoms with E-state index in [-0.39, 0.29) is 11.8 Å². The summed E-state index contributed by atoms with van der Waals surface area (Å²) in [5.74, 6) is -0.418. The monoisotopic (exact) mass is 345 g/mol. The van der Waals surface area contributed by atoms with Gasteiger partial charge in [0.2, 0.25) is 0 Å². The van der Waals surface area contributed by atoms with Crippen LogP contribution in [0.15, 0.2) is 79.0 Å². The van der Waals surface area contributed by atoms with Gasteiger partial charge in [-0.15, -0.1) is 0 Å². The van der Waals surface area contributed by atoms with Crippen LogP contribution in [-0.2, 0) is 4.74 Å². The molecular formula is C22H19NO3. The van der Waals surface area contributed by atoms with Gasteiger partial charge < -0.3 is 10.1 Å². The van der Waals surface area contributed by atoms with Crippen LogP contribution in [0.3, 0.4) is 0 Å². The molecule has 3 aromatic rings. The van der Waals surface area contributed by atoms with Gasteiger partial charge in [-0.2, -0.15) is 0 Å². The molecule has 3 rings (SSSR count). The van der Waals surface area contributed by atoms with Gasteiger partial charge in [0.15, 0.2) is 5.78 Å². The molecule has 0 amide bonds. The average Bonchev–Trinajstić information content (AvgIpc) is 2.68.